The summed E-state index contributed by atoms with van der Waals surface area (Å²) in [6.45, 7) is 5.27. The van der Waals surface area contributed by atoms with Gasteiger partial charge in [0.15, 0.2) is 0 Å². The molecule has 1 aliphatic rings. The highest BCUT2D eigenvalue weighted by atomic mass is 16.2. The van der Waals surface area contributed by atoms with Gasteiger partial charge in [0.25, 0.3) is 5.91 Å². The van der Waals surface area contributed by atoms with Gasteiger partial charge in [0.1, 0.15) is 5.82 Å². The van der Waals surface area contributed by atoms with Gasteiger partial charge >= 0.3 is 0 Å². The lowest BCUT2D eigenvalue weighted by molar-refractivity contribution is 0.0628. The van der Waals surface area contributed by atoms with Crippen molar-refractivity contribution >= 4 is 11.7 Å². The van der Waals surface area contributed by atoms with Crippen molar-refractivity contribution in [2.75, 3.05) is 18.9 Å². The highest BCUT2D eigenvalue weighted by molar-refractivity contribution is 5.94. The third-order valence-corrected chi connectivity index (χ3v) is 4.45. The summed E-state index contributed by atoms with van der Waals surface area (Å²) in [6, 6.07) is 4.13. The molecule has 1 aliphatic carbocycles. The molecule has 1 aromatic heterocycles. The molecule has 21 heavy (non-hydrogen) atoms. The first-order valence-corrected chi connectivity index (χ1v) is 8.10. The number of carbonyl (C=O) groups is 1. The van der Waals surface area contributed by atoms with Gasteiger partial charge in [0.2, 0.25) is 0 Å². The lowest BCUT2D eigenvalue weighted by Crippen LogP contribution is -2.42. The zero-order chi connectivity index (χ0) is 15.2. The number of nitrogens with one attached hydrogen (secondary N) is 1. The van der Waals surface area contributed by atoms with Crippen LogP contribution in [-0.4, -0.2) is 35.4 Å². The van der Waals surface area contributed by atoms with Crippen LogP contribution in [0.25, 0.3) is 0 Å². The Labute approximate surface area is 127 Å². The Hall–Kier alpha value is -1.58. The molecule has 1 fully saturated rings. The molecule has 1 saturated carbocycles. The van der Waals surface area contributed by atoms with Crippen LogP contribution in [0.2, 0.25) is 0 Å². The van der Waals surface area contributed by atoms with E-state index in [4.69, 9.17) is 0 Å². The minimum atomic E-state index is 0.0864. The number of anilines is 1. The van der Waals surface area contributed by atoms with Gasteiger partial charge in [-0.05, 0) is 37.3 Å². The number of hydrogen-bond donors (Lipinski definition) is 1. The van der Waals surface area contributed by atoms with Crippen LogP contribution in [0.1, 0.15) is 56.3 Å². The molecule has 1 aromatic rings. The fourth-order valence-electron chi connectivity index (χ4n) is 3.10. The van der Waals surface area contributed by atoms with Crippen LogP contribution in [-0.2, 0) is 0 Å². The van der Waals surface area contributed by atoms with Crippen molar-refractivity contribution in [2.24, 2.45) is 5.92 Å². The third kappa shape index (κ3) is 3.96. The van der Waals surface area contributed by atoms with Crippen LogP contribution in [0.15, 0.2) is 18.3 Å². The van der Waals surface area contributed by atoms with E-state index in [9.17, 15) is 4.79 Å². The number of amides is 1. The molecule has 1 N–H and O–H groups in total. The molecule has 0 saturated heterocycles. The van der Waals surface area contributed by atoms with Gasteiger partial charge in [-0.1, -0.05) is 26.7 Å². The molecular formula is C17H27N3O. The Kier molecular flexibility index (Phi) is 5.59. The monoisotopic (exact) mass is 289 g/mol. The van der Waals surface area contributed by atoms with Crippen LogP contribution in [0.5, 0.6) is 0 Å². The van der Waals surface area contributed by atoms with E-state index in [1.807, 2.05) is 24.1 Å². The summed E-state index contributed by atoms with van der Waals surface area (Å²) >= 11 is 0. The molecule has 0 aromatic carbocycles. The summed E-state index contributed by atoms with van der Waals surface area (Å²) < 4.78 is 0. The number of aromatic nitrogens is 1. The Morgan fingerprint density at radius 3 is 2.76 bits per heavy atom. The normalized spacial score (nSPS) is 21.9. The first-order chi connectivity index (χ1) is 10.1. The van der Waals surface area contributed by atoms with Crippen LogP contribution < -0.4 is 5.32 Å². The third-order valence-electron chi connectivity index (χ3n) is 4.45. The van der Waals surface area contributed by atoms with Crippen molar-refractivity contribution in [1.29, 1.82) is 0 Å². The number of hydrogen-bond acceptors (Lipinski definition) is 3. The SMILES string of the molecule is CCCNc1ccc(C(=O)N(C)C2CCCCC2C)cn1. The van der Waals surface area contributed by atoms with E-state index in [2.05, 4.69) is 24.1 Å². The molecule has 4 heteroatoms. The first kappa shape index (κ1) is 15.8. The molecule has 0 spiro atoms. The van der Waals surface area contributed by atoms with Gasteiger partial charge < -0.3 is 10.2 Å². The van der Waals surface area contributed by atoms with Crippen LogP contribution in [0.4, 0.5) is 5.82 Å². The van der Waals surface area contributed by atoms with Gasteiger partial charge in [-0.15, -0.1) is 0 Å². The van der Waals surface area contributed by atoms with Crippen molar-refractivity contribution < 1.29 is 4.79 Å². The molecule has 1 heterocycles. The van der Waals surface area contributed by atoms with Crippen LogP contribution >= 0.6 is 0 Å². The molecule has 1 amide bonds. The highest BCUT2D eigenvalue weighted by Gasteiger charge is 2.28. The van der Waals surface area contributed by atoms with Crippen molar-refractivity contribution in [1.82, 2.24) is 9.88 Å². The maximum atomic E-state index is 12.6. The van der Waals surface area contributed by atoms with E-state index in [0.717, 1.165) is 25.2 Å². The van der Waals surface area contributed by atoms with Crippen molar-refractivity contribution in [2.45, 2.75) is 52.0 Å². The van der Waals surface area contributed by atoms with E-state index in [0.29, 0.717) is 17.5 Å². The average Bonchev–Trinajstić information content (AvgIpc) is 2.52. The maximum absolute atomic E-state index is 12.6. The molecule has 2 unspecified atom stereocenters. The Morgan fingerprint density at radius 1 is 1.38 bits per heavy atom. The first-order valence-electron chi connectivity index (χ1n) is 8.10. The quantitative estimate of drug-likeness (QED) is 0.901. The minimum absolute atomic E-state index is 0.0864. The topological polar surface area (TPSA) is 45.2 Å². The maximum Gasteiger partial charge on any atom is 0.255 e. The molecule has 116 valence electrons. The summed E-state index contributed by atoms with van der Waals surface area (Å²) in [5.41, 5.74) is 0.678. The number of carbonyl (C=O) groups excluding carboxylic acids is 1. The second kappa shape index (κ2) is 7.43. The fraction of sp³-hybridized carbons (Fsp3) is 0.647. The zero-order valence-corrected chi connectivity index (χ0v) is 13.4. The molecule has 0 aliphatic heterocycles. The van der Waals surface area contributed by atoms with Gasteiger partial charge in [-0.25, -0.2) is 4.98 Å². The van der Waals surface area contributed by atoms with E-state index in [1.54, 1.807) is 6.20 Å². The molecule has 2 rings (SSSR count). The van der Waals surface area contributed by atoms with Crippen molar-refractivity contribution in [3.8, 4) is 0 Å². The Bertz CT molecular complexity index is 458. The second-order valence-corrected chi connectivity index (χ2v) is 6.10. The smallest absolute Gasteiger partial charge is 0.255 e. The lowest BCUT2D eigenvalue weighted by atomic mass is 9.85. The van der Waals surface area contributed by atoms with Crippen molar-refractivity contribution in [3.63, 3.8) is 0 Å². The summed E-state index contributed by atoms with van der Waals surface area (Å²) in [4.78, 5) is 18.8. The molecule has 0 bridgehead atoms. The van der Waals surface area contributed by atoms with Gasteiger partial charge in [-0.3, -0.25) is 4.79 Å². The summed E-state index contributed by atoms with van der Waals surface area (Å²) in [7, 11) is 1.93. The second-order valence-electron chi connectivity index (χ2n) is 6.10. The Balaban J connectivity index is 2.01. The van der Waals surface area contributed by atoms with Gasteiger partial charge in [0.05, 0.1) is 5.56 Å². The number of pyridine rings is 1. The zero-order valence-electron chi connectivity index (χ0n) is 13.4. The summed E-state index contributed by atoms with van der Waals surface area (Å²) in [6.07, 6.45) is 7.60. The van der Waals surface area contributed by atoms with Gasteiger partial charge in [-0.2, -0.15) is 0 Å². The predicted molar refractivity (Wildman–Crippen MR) is 86.5 cm³/mol. The number of rotatable bonds is 5. The summed E-state index contributed by atoms with van der Waals surface area (Å²) in [5, 5.41) is 3.22. The predicted octanol–water partition coefficient (Wildman–Crippen LogP) is 3.55. The van der Waals surface area contributed by atoms with Crippen LogP contribution in [0, 0.1) is 5.92 Å². The fourth-order valence-corrected chi connectivity index (χ4v) is 3.10. The average molecular weight is 289 g/mol. The summed E-state index contributed by atoms with van der Waals surface area (Å²) in [5.74, 6) is 1.51. The molecule has 0 radical (unpaired) electrons. The largest absolute Gasteiger partial charge is 0.370 e. The number of nitrogens with zero attached hydrogens (tertiary/aromatic N) is 2. The van der Waals surface area contributed by atoms with E-state index < -0.39 is 0 Å². The van der Waals surface area contributed by atoms with Crippen LogP contribution in [0.3, 0.4) is 0 Å². The molecular weight excluding hydrogens is 262 g/mol. The van der Waals surface area contributed by atoms with E-state index in [-0.39, 0.29) is 5.91 Å². The van der Waals surface area contributed by atoms with E-state index >= 15 is 0 Å². The minimum Gasteiger partial charge on any atom is -0.370 e. The standard InChI is InChI=1S/C17H27N3O/c1-4-11-18-16-10-9-14(12-19-16)17(21)20(3)15-8-6-5-7-13(15)2/h9-10,12-13,15H,4-8,11H2,1-3H3,(H,18,19). The lowest BCUT2D eigenvalue weighted by Gasteiger charge is -2.36. The highest BCUT2D eigenvalue weighted by Crippen LogP contribution is 2.28. The van der Waals surface area contributed by atoms with Gasteiger partial charge in [0, 0.05) is 25.8 Å². The van der Waals surface area contributed by atoms with E-state index in [1.165, 1.54) is 19.3 Å². The molecule has 2 atom stereocenters. The Morgan fingerprint density at radius 2 is 2.14 bits per heavy atom. The van der Waals surface area contributed by atoms with Crippen molar-refractivity contribution in [3.05, 3.63) is 23.9 Å². The molecule has 4 nitrogen and oxygen atoms in total.